The molecule has 0 unspecified atom stereocenters. The lowest BCUT2D eigenvalue weighted by Crippen LogP contribution is -2.48. The molecule has 1 N–H and O–H groups in total. The minimum atomic E-state index is -1.13. The van der Waals surface area contributed by atoms with Crippen LogP contribution in [0.25, 0.3) is 0 Å². The number of hydrogen-bond acceptors (Lipinski definition) is 3. The fourth-order valence-electron chi connectivity index (χ4n) is 3.88. The molecule has 0 saturated carbocycles. The van der Waals surface area contributed by atoms with E-state index in [0.717, 1.165) is 17.2 Å². The zero-order chi connectivity index (χ0) is 19.8. The van der Waals surface area contributed by atoms with Crippen LogP contribution >= 0.6 is 0 Å². The van der Waals surface area contributed by atoms with Gasteiger partial charge in [0.05, 0.1) is 5.56 Å². The highest BCUT2D eigenvalue weighted by Crippen LogP contribution is 2.28. The van der Waals surface area contributed by atoms with Crippen LogP contribution in [0, 0.1) is 5.82 Å². The molecule has 2 aromatic rings. The van der Waals surface area contributed by atoms with Crippen LogP contribution in [0.4, 0.5) is 10.1 Å². The maximum absolute atomic E-state index is 14.5. The average molecular weight is 382 g/mol. The third-order valence-electron chi connectivity index (χ3n) is 5.36. The van der Waals surface area contributed by atoms with Gasteiger partial charge in [-0.3, -0.25) is 9.59 Å². The van der Waals surface area contributed by atoms with Gasteiger partial charge in [-0.2, -0.15) is 0 Å². The predicted octanol–water partition coefficient (Wildman–Crippen LogP) is 2.60. The Kier molecular flexibility index (Phi) is 4.58. The second-order valence-corrected chi connectivity index (χ2v) is 7.07. The third-order valence-corrected chi connectivity index (χ3v) is 5.36. The number of carbonyl (C=O) groups is 3. The van der Waals surface area contributed by atoms with Crippen molar-refractivity contribution < 1.29 is 23.9 Å². The monoisotopic (exact) mass is 382 g/mol. The van der Waals surface area contributed by atoms with Crippen molar-refractivity contribution >= 4 is 23.5 Å². The highest BCUT2D eigenvalue weighted by molar-refractivity contribution is 6.00. The molecule has 2 aliphatic heterocycles. The number of halogens is 1. The van der Waals surface area contributed by atoms with Crippen LogP contribution in [0.2, 0.25) is 0 Å². The molecule has 1 atom stereocenters. The normalized spacial score (nSPS) is 18.9. The van der Waals surface area contributed by atoms with E-state index in [9.17, 15) is 23.9 Å². The van der Waals surface area contributed by atoms with Gasteiger partial charge in [0.1, 0.15) is 11.9 Å². The van der Waals surface area contributed by atoms with E-state index in [4.69, 9.17) is 0 Å². The molecule has 7 heteroatoms. The Morgan fingerprint density at radius 1 is 1.11 bits per heavy atom. The van der Waals surface area contributed by atoms with Crippen molar-refractivity contribution in [3.8, 4) is 0 Å². The lowest BCUT2D eigenvalue weighted by atomic mass is 9.93. The molecule has 0 aliphatic carbocycles. The predicted molar refractivity (Wildman–Crippen MR) is 99.4 cm³/mol. The number of amides is 2. The zero-order valence-electron chi connectivity index (χ0n) is 15.1. The van der Waals surface area contributed by atoms with Crippen LogP contribution in [0.5, 0.6) is 0 Å². The number of rotatable bonds is 3. The Morgan fingerprint density at radius 3 is 2.54 bits per heavy atom. The summed E-state index contributed by atoms with van der Waals surface area (Å²) in [5.74, 6) is -2.62. The molecule has 1 saturated heterocycles. The molecule has 0 bridgehead atoms. The number of carboxylic acid groups (broad SMARTS) is 1. The van der Waals surface area contributed by atoms with E-state index >= 15 is 0 Å². The minimum absolute atomic E-state index is 0.0691. The van der Waals surface area contributed by atoms with Crippen LogP contribution in [-0.2, 0) is 22.6 Å². The highest BCUT2D eigenvalue weighted by Gasteiger charge is 2.36. The molecule has 28 heavy (non-hydrogen) atoms. The second-order valence-electron chi connectivity index (χ2n) is 7.07. The summed E-state index contributed by atoms with van der Waals surface area (Å²) in [6.07, 6.45) is 1.30. The van der Waals surface area contributed by atoms with Crippen molar-refractivity contribution in [2.24, 2.45) is 0 Å². The minimum Gasteiger partial charge on any atom is -0.480 e. The van der Waals surface area contributed by atoms with Crippen molar-refractivity contribution in [3.63, 3.8) is 0 Å². The molecule has 4 rings (SSSR count). The van der Waals surface area contributed by atoms with Crippen LogP contribution < -0.4 is 4.90 Å². The van der Waals surface area contributed by atoms with Gasteiger partial charge in [-0.25, -0.2) is 9.18 Å². The van der Waals surface area contributed by atoms with Gasteiger partial charge in [0.2, 0.25) is 5.91 Å². The van der Waals surface area contributed by atoms with Crippen LogP contribution in [0.15, 0.2) is 42.5 Å². The van der Waals surface area contributed by atoms with Gasteiger partial charge in [-0.1, -0.05) is 24.3 Å². The summed E-state index contributed by atoms with van der Waals surface area (Å²) >= 11 is 0. The Labute approximate surface area is 161 Å². The lowest BCUT2D eigenvalue weighted by Gasteiger charge is -2.34. The summed E-state index contributed by atoms with van der Waals surface area (Å²) in [6.45, 7) is 0.616. The quantitative estimate of drug-likeness (QED) is 0.885. The third kappa shape index (κ3) is 3.13. The SMILES string of the molecule is O=C(O)[C@@H]1Cc2ccccc2CN1C(=O)c1cc(N2CCCC2=O)ccc1F. The van der Waals surface area contributed by atoms with Crippen LogP contribution in [-0.4, -0.2) is 40.4 Å². The smallest absolute Gasteiger partial charge is 0.326 e. The Morgan fingerprint density at radius 2 is 1.86 bits per heavy atom. The molecule has 0 aromatic heterocycles. The number of benzene rings is 2. The van der Waals surface area contributed by atoms with Crippen molar-refractivity contribution in [2.75, 3.05) is 11.4 Å². The van der Waals surface area contributed by atoms with Gasteiger partial charge in [0, 0.05) is 31.6 Å². The summed E-state index contributed by atoms with van der Waals surface area (Å²) in [5.41, 5.74) is 1.95. The molecular formula is C21H19FN2O4. The first-order chi connectivity index (χ1) is 13.5. The van der Waals surface area contributed by atoms with Crippen LogP contribution in [0.3, 0.4) is 0 Å². The van der Waals surface area contributed by atoms with Gasteiger partial charge in [-0.05, 0) is 35.7 Å². The van der Waals surface area contributed by atoms with Gasteiger partial charge in [0.15, 0.2) is 0 Å². The van der Waals surface area contributed by atoms with Crippen molar-refractivity contribution in [2.45, 2.75) is 31.8 Å². The van der Waals surface area contributed by atoms with Crippen molar-refractivity contribution in [1.82, 2.24) is 4.90 Å². The molecule has 2 aromatic carbocycles. The zero-order valence-corrected chi connectivity index (χ0v) is 15.1. The van der Waals surface area contributed by atoms with E-state index in [2.05, 4.69) is 0 Å². The molecule has 144 valence electrons. The first-order valence-electron chi connectivity index (χ1n) is 9.16. The van der Waals surface area contributed by atoms with Crippen LogP contribution in [0.1, 0.15) is 34.3 Å². The molecule has 2 aliphatic rings. The van der Waals surface area contributed by atoms with Gasteiger partial charge in [-0.15, -0.1) is 0 Å². The van der Waals surface area contributed by atoms with Crippen molar-refractivity contribution in [3.05, 3.63) is 65.0 Å². The average Bonchev–Trinajstić information content (AvgIpc) is 3.12. The van der Waals surface area contributed by atoms with Crippen molar-refractivity contribution in [1.29, 1.82) is 0 Å². The molecule has 6 nitrogen and oxygen atoms in total. The van der Waals surface area contributed by atoms with E-state index in [-0.39, 0.29) is 24.4 Å². The lowest BCUT2D eigenvalue weighted by molar-refractivity contribution is -0.142. The largest absolute Gasteiger partial charge is 0.480 e. The first kappa shape index (κ1) is 18.2. The molecular weight excluding hydrogens is 363 g/mol. The van der Waals surface area contributed by atoms with E-state index in [1.54, 1.807) is 0 Å². The number of carbonyl (C=O) groups excluding carboxylic acids is 2. The summed E-state index contributed by atoms with van der Waals surface area (Å²) in [6, 6.07) is 10.2. The summed E-state index contributed by atoms with van der Waals surface area (Å²) in [7, 11) is 0. The topological polar surface area (TPSA) is 77.9 Å². The van der Waals surface area contributed by atoms with Gasteiger partial charge >= 0.3 is 5.97 Å². The Hall–Kier alpha value is -3.22. The molecule has 2 amide bonds. The Balaban J connectivity index is 1.70. The number of fused-ring (bicyclic) bond motifs is 1. The van der Waals surface area contributed by atoms with Gasteiger partial charge < -0.3 is 14.9 Å². The highest BCUT2D eigenvalue weighted by atomic mass is 19.1. The summed E-state index contributed by atoms with van der Waals surface area (Å²) < 4.78 is 14.5. The fraction of sp³-hybridized carbons (Fsp3) is 0.286. The maximum Gasteiger partial charge on any atom is 0.326 e. The van der Waals surface area contributed by atoms with E-state index in [1.807, 2.05) is 24.3 Å². The van der Waals surface area contributed by atoms with E-state index < -0.39 is 23.7 Å². The Bertz CT molecular complexity index is 975. The fourth-order valence-corrected chi connectivity index (χ4v) is 3.88. The van der Waals surface area contributed by atoms with E-state index in [1.165, 1.54) is 21.9 Å². The number of aliphatic carboxylic acids is 1. The van der Waals surface area contributed by atoms with Gasteiger partial charge in [0.25, 0.3) is 5.91 Å². The molecule has 0 radical (unpaired) electrons. The standard InChI is InChI=1S/C21H19FN2O4/c22-17-8-7-15(23-9-3-6-19(23)25)11-16(17)20(26)24-12-14-5-2-1-4-13(14)10-18(24)21(27)28/h1-2,4-5,7-8,11,18H,3,6,9-10,12H2,(H,27,28)/t18-/m0/s1. The number of hydrogen-bond donors (Lipinski definition) is 1. The first-order valence-corrected chi connectivity index (χ1v) is 9.16. The summed E-state index contributed by atoms with van der Waals surface area (Å²) in [4.78, 5) is 39.6. The molecule has 0 spiro atoms. The maximum atomic E-state index is 14.5. The number of carboxylic acids is 1. The molecule has 1 fully saturated rings. The number of anilines is 1. The summed E-state index contributed by atoms with van der Waals surface area (Å²) in [5, 5.41) is 9.62. The molecule has 2 heterocycles. The number of nitrogens with zero attached hydrogens (tertiary/aromatic N) is 2. The second kappa shape index (κ2) is 7.07. The van der Waals surface area contributed by atoms with E-state index in [0.29, 0.717) is 25.1 Å².